The Morgan fingerprint density at radius 1 is 1.67 bits per heavy atom. The number of alkyl halides is 1. The summed E-state index contributed by atoms with van der Waals surface area (Å²) in [6, 6.07) is 0. The van der Waals surface area contributed by atoms with E-state index in [-0.39, 0.29) is 4.11 Å². The molecule has 2 heteroatoms. The Labute approximate surface area is 50.9 Å². The largest absolute Gasteiger partial charge is 0.382 e. The van der Waals surface area contributed by atoms with Crippen molar-refractivity contribution < 1.29 is 5.11 Å². The zero-order chi connectivity index (χ0) is 4.57. The van der Waals surface area contributed by atoms with Gasteiger partial charge in [-0.3, -0.25) is 0 Å². The Kier molecular flexibility index (Phi) is 1.34. The van der Waals surface area contributed by atoms with E-state index in [0.717, 1.165) is 0 Å². The fourth-order valence-corrected chi connectivity index (χ4v) is 1.09. The minimum atomic E-state index is -0.0670. The Morgan fingerprint density at radius 2 is 2.17 bits per heavy atom. The molecular weight excluding hydrogens is 191 g/mol. The van der Waals surface area contributed by atoms with Crippen LogP contribution in [0.25, 0.3) is 0 Å². The highest BCUT2D eigenvalue weighted by atomic mass is 127. The van der Waals surface area contributed by atoms with E-state index in [4.69, 9.17) is 5.11 Å². The Balaban J connectivity index is 2.13. The summed E-state index contributed by atoms with van der Waals surface area (Å²) >= 11 is 2.05. The first-order chi connectivity index (χ1) is 2.80. The molecule has 1 N–H and O–H groups in total. The van der Waals surface area contributed by atoms with Crippen LogP contribution in [-0.4, -0.2) is 9.22 Å². The highest BCUT2D eigenvalue weighted by molar-refractivity contribution is 14.1. The van der Waals surface area contributed by atoms with Crippen LogP contribution >= 0.6 is 22.6 Å². The molecule has 0 aromatic heterocycles. The molecule has 1 nitrogen and oxygen atoms in total. The average Bonchev–Trinajstić information content (AvgIpc) is 2.06. The average molecular weight is 198 g/mol. The van der Waals surface area contributed by atoms with E-state index in [1.165, 1.54) is 12.8 Å². The van der Waals surface area contributed by atoms with E-state index in [9.17, 15) is 0 Å². The maximum atomic E-state index is 8.68. The van der Waals surface area contributed by atoms with Crippen molar-refractivity contribution in [1.82, 2.24) is 0 Å². The molecule has 6 heavy (non-hydrogen) atoms. The highest BCUT2D eigenvalue weighted by Gasteiger charge is 2.27. The third-order valence-corrected chi connectivity index (χ3v) is 2.03. The zero-order valence-corrected chi connectivity index (χ0v) is 5.55. The van der Waals surface area contributed by atoms with Gasteiger partial charge in [-0.25, -0.2) is 0 Å². The molecule has 0 radical (unpaired) electrons. The lowest BCUT2D eigenvalue weighted by atomic mass is 10.5. The molecule has 1 aliphatic rings. The molecule has 0 bridgehead atoms. The summed E-state index contributed by atoms with van der Waals surface area (Å²) in [7, 11) is 0. The quantitative estimate of drug-likeness (QED) is 0.494. The molecule has 36 valence electrons. The van der Waals surface area contributed by atoms with Gasteiger partial charge in [0, 0.05) is 0 Å². The number of hydrogen-bond acceptors (Lipinski definition) is 1. The molecule has 0 aliphatic heterocycles. The van der Waals surface area contributed by atoms with Crippen LogP contribution in [0.3, 0.4) is 0 Å². The molecule has 0 aromatic rings. The second-order valence-electron chi connectivity index (χ2n) is 1.71. The van der Waals surface area contributed by atoms with Crippen LogP contribution < -0.4 is 0 Å². The van der Waals surface area contributed by atoms with Crippen molar-refractivity contribution in [2.75, 3.05) is 0 Å². The highest BCUT2D eigenvalue weighted by Crippen LogP contribution is 2.35. The van der Waals surface area contributed by atoms with Gasteiger partial charge >= 0.3 is 0 Å². The van der Waals surface area contributed by atoms with E-state index in [1.54, 1.807) is 0 Å². The van der Waals surface area contributed by atoms with E-state index in [0.29, 0.717) is 5.92 Å². The second kappa shape index (κ2) is 1.66. The molecule has 0 amide bonds. The first kappa shape index (κ1) is 4.84. The molecule has 0 saturated heterocycles. The molecule has 1 saturated carbocycles. The third kappa shape index (κ3) is 1.08. The molecule has 0 heterocycles. The molecule has 1 fully saturated rings. The number of rotatable bonds is 1. The Bertz CT molecular complexity index is 49.5. The topological polar surface area (TPSA) is 20.2 Å². The zero-order valence-electron chi connectivity index (χ0n) is 3.39. The lowest BCUT2D eigenvalue weighted by molar-refractivity contribution is 0.257. The number of halogens is 1. The monoisotopic (exact) mass is 198 g/mol. The molecule has 1 unspecified atom stereocenters. The van der Waals surface area contributed by atoms with Gasteiger partial charge in [0.2, 0.25) is 0 Å². The van der Waals surface area contributed by atoms with Crippen molar-refractivity contribution in [2.24, 2.45) is 5.92 Å². The third-order valence-electron chi connectivity index (χ3n) is 1.01. The molecule has 0 spiro atoms. The van der Waals surface area contributed by atoms with Gasteiger partial charge in [0.25, 0.3) is 0 Å². The van der Waals surface area contributed by atoms with Crippen LogP contribution in [0.5, 0.6) is 0 Å². The normalized spacial score (nSPS) is 27.0. The van der Waals surface area contributed by atoms with E-state index < -0.39 is 0 Å². The summed E-state index contributed by atoms with van der Waals surface area (Å²) < 4.78 is -0.0670. The van der Waals surface area contributed by atoms with Crippen LogP contribution in [0.1, 0.15) is 12.8 Å². The van der Waals surface area contributed by atoms with E-state index in [1.807, 2.05) is 0 Å². The smallest absolute Gasteiger partial charge is 0.108 e. The van der Waals surface area contributed by atoms with Crippen LogP contribution in [0.15, 0.2) is 0 Å². The Morgan fingerprint density at radius 3 is 2.17 bits per heavy atom. The van der Waals surface area contributed by atoms with E-state index in [2.05, 4.69) is 22.6 Å². The van der Waals surface area contributed by atoms with Crippen LogP contribution in [-0.2, 0) is 0 Å². The lowest BCUT2D eigenvalue weighted by Crippen LogP contribution is -1.94. The molecule has 1 aliphatic carbocycles. The van der Waals surface area contributed by atoms with Crippen molar-refractivity contribution in [3.05, 3.63) is 0 Å². The summed E-state index contributed by atoms with van der Waals surface area (Å²) in [5.74, 6) is 0.644. The predicted octanol–water partition coefficient (Wildman–Crippen LogP) is 1.15. The lowest BCUT2D eigenvalue weighted by Gasteiger charge is -1.91. The van der Waals surface area contributed by atoms with Crippen molar-refractivity contribution in [3.63, 3.8) is 0 Å². The van der Waals surface area contributed by atoms with E-state index >= 15 is 0 Å². The first-order valence-electron chi connectivity index (χ1n) is 2.13. The summed E-state index contributed by atoms with van der Waals surface area (Å²) in [6.07, 6.45) is 2.48. The first-order valence-corrected chi connectivity index (χ1v) is 3.37. The molecule has 1 atom stereocenters. The van der Waals surface area contributed by atoms with Gasteiger partial charge < -0.3 is 5.11 Å². The number of aliphatic hydroxyl groups excluding tert-OH is 1. The van der Waals surface area contributed by atoms with Gasteiger partial charge in [0.05, 0.1) is 0 Å². The van der Waals surface area contributed by atoms with Crippen molar-refractivity contribution in [3.8, 4) is 0 Å². The maximum absolute atomic E-state index is 8.68. The van der Waals surface area contributed by atoms with Crippen molar-refractivity contribution in [2.45, 2.75) is 17.0 Å². The summed E-state index contributed by atoms with van der Waals surface area (Å²) in [6.45, 7) is 0. The minimum Gasteiger partial charge on any atom is -0.382 e. The predicted molar refractivity (Wildman–Crippen MR) is 32.8 cm³/mol. The Hall–Kier alpha value is 0.690. The fourth-order valence-electron chi connectivity index (χ4n) is 0.371. The van der Waals surface area contributed by atoms with Gasteiger partial charge in [-0.05, 0) is 18.8 Å². The second-order valence-corrected chi connectivity index (χ2v) is 2.99. The molecular formula is C4H7IO. The van der Waals surface area contributed by atoms with Crippen molar-refractivity contribution in [1.29, 1.82) is 0 Å². The molecule has 0 aromatic carbocycles. The summed E-state index contributed by atoms with van der Waals surface area (Å²) in [4.78, 5) is 0. The summed E-state index contributed by atoms with van der Waals surface area (Å²) in [5.41, 5.74) is 0. The van der Waals surface area contributed by atoms with Gasteiger partial charge in [-0.2, -0.15) is 0 Å². The minimum absolute atomic E-state index is 0.0670. The molecule has 1 rings (SSSR count). The SMILES string of the molecule is OC(I)C1CC1. The van der Waals surface area contributed by atoms with Crippen molar-refractivity contribution >= 4 is 22.6 Å². The van der Waals surface area contributed by atoms with Gasteiger partial charge in [0.15, 0.2) is 0 Å². The number of hydrogen-bond donors (Lipinski definition) is 1. The van der Waals surface area contributed by atoms with Gasteiger partial charge in [-0.1, -0.05) is 22.6 Å². The maximum Gasteiger partial charge on any atom is 0.108 e. The van der Waals surface area contributed by atoms with Gasteiger partial charge in [0.1, 0.15) is 4.11 Å². The fraction of sp³-hybridized carbons (Fsp3) is 1.00. The van der Waals surface area contributed by atoms with Gasteiger partial charge in [-0.15, -0.1) is 0 Å². The van der Waals surface area contributed by atoms with Crippen LogP contribution in [0.4, 0.5) is 0 Å². The number of aliphatic hydroxyl groups is 1. The standard InChI is InChI=1S/C4H7IO/c5-4(6)3-1-2-3/h3-4,6H,1-2H2. The summed E-state index contributed by atoms with van der Waals surface area (Å²) in [5, 5.41) is 8.68. The van der Waals surface area contributed by atoms with Crippen LogP contribution in [0, 0.1) is 5.92 Å². The van der Waals surface area contributed by atoms with Crippen LogP contribution in [0.2, 0.25) is 0 Å².